The van der Waals surface area contributed by atoms with E-state index >= 15 is 0 Å². The van der Waals surface area contributed by atoms with Crippen LogP contribution in [0.1, 0.15) is 12.8 Å². The molecule has 1 saturated heterocycles. The zero-order valence-corrected chi connectivity index (χ0v) is 15.5. The maximum absolute atomic E-state index is 13.0. The predicted molar refractivity (Wildman–Crippen MR) is 109 cm³/mol. The van der Waals surface area contributed by atoms with Crippen LogP contribution in [0.15, 0.2) is 53.3 Å². The monoisotopic (exact) mass is 381 g/mol. The number of amides is 1. The van der Waals surface area contributed by atoms with Crippen LogP contribution in [0, 0.1) is 5.92 Å². The van der Waals surface area contributed by atoms with Crippen molar-refractivity contribution in [1.82, 2.24) is 4.98 Å². The van der Waals surface area contributed by atoms with Crippen LogP contribution in [-0.4, -0.2) is 24.0 Å². The average Bonchev–Trinajstić information content (AvgIpc) is 2.68. The van der Waals surface area contributed by atoms with Gasteiger partial charge in [0.25, 0.3) is 5.56 Å². The molecule has 1 amide bonds. The van der Waals surface area contributed by atoms with Crippen LogP contribution in [0.5, 0.6) is 0 Å². The van der Waals surface area contributed by atoms with E-state index in [0.717, 1.165) is 22.0 Å². The number of pyridine rings is 1. The lowest BCUT2D eigenvalue weighted by Gasteiger charge is -2.33. The van der Waals surface area contributed by atoms with Gasteiger partial charge < -0.3 is 15.6 Å². The molecule has 5 nitrogen and oxygen atoms in total. The molecule has 0 bridgehead atoms. The van der Waals surface area contributed by atoms with Crippen LogP contribution in [0.25, 0.3) is 22.0 Å². The van der Waals surface area contributed by atoms with Gasteiger partial charge in [-0.3, -0.25) is 9.59 Å². The quantitative estimate of drug-likeness (QED) is 0.728. The minimum absolute atomic E-state index is 0.129. The van der Waals surface area contributed by atoms with Gasteiger partial charge in [-0.1, -0.05) is 41.9 Å². The summed E-state index contributed by atoms with van der Waals surface area (Å²) in [7, 11) is 0. The Hall–Kier alpha value is -2.79. The third-order valence-corrected chi connectivity index (χ3v) is 5.46. The predicted octanol–water partition coefficient (Wildman–Crippen LogP) is 3.55. The SMILES string of the molecule is NC(=O)C1CCN(c2c(-c3ccccc3)c3cc(Cl)ccc3[nH]c2=O)CC1. The Kier molecular flexibility index (Phi) is 4.62. The lowest BCUT2D eigenvalue weighted by atomic mass is 9.93. The van der Waals surface area contributed by atoms with E-state index in [1.54, 1.807) is 6.07 Å². The number of nitrogens with one attached hydrogen (secondary N) is 1. The third-order valence-electron chi connectivity index (χ3n) is 5.23. The van der Waals surface area contributed by atoms with Gasteiger partial charge in [0.05, 0.1) is 0 Å². The van der Waals surface area contributed by atoms with Crippen LogP contribution in [-0.2, 0) is 4.79 Å². The fourth-order valence-electron chi connectivity index (χ4n) is 3.84. The number of piperidine rings is 1. The van der Waals surface area contributed by atoms with Crippen molar-refractivity contribution in [3.05, 3.63) is 63.9 Å². The molecule has 0 spiro atoms. The maximum Gasteiger partial charge on any atom is 0.272 e. The molecule has 2 heterocycles. The number of anilines is 1. The molecular formula is C21H20ClN3O2. The highest BCUT2D eigenvalue weighted by Crippen LogP contribution is 2.36. The number of aromatic nitrogens is 1. The first-order valence-electron chi connectivity index (χ1n) is 9.00. The molecule has 0 unspecified atom stereocenters. The van der Waals surface area contributed by atoms with E-state index in [4.69, 9.17) is 17.3 Å². The van der Waals surface area contributed by atoms with Crippen LogP contribution in [0.2, 0.25) is 5.02 Å². The number of halogens is 1. The number of fused-ring (bicyclic) bond motifs is 1. The molecule has 0 saturated carbocycles. The van der Waals surface area contributed by atoms with Crippen LogP contribution < -0.4 is 16.2 Å². The summed E-state index contributed by atoms with van der Waals surface area (Å²) in [4.78, 5) is 29.5. The molecule has 0 aliphatic carbocycles. The van der Waals surface area contributed by atoms with Gasteiger partial charge in [0, 0.05) is 40.5 Å². The van der Waals surface area contributed by atoms with E-state index in [9.17, 15) is 9.59 Å². The minimum atomic E-state index is -0.267. The summed E-state index contributed by atoms with van der Waals surface area (Å²) in [5.41, 5.74) is 8.52. The van der Waals surface area contributed by atoms with Crippen LogP contribution in [0.3, 0.4) is 0 Å². The number of nitrogens with two attached hydrogens (primary N) is 1. The number of primary amides is 1. The Morgan fingerprint density at radius 1 is 1.11 bits per heavy atom. The Bertz CT molecular complexity index is 1050. The van der Waals surface area contributed by atoms with E-state index in [1.165, 1.54) is 0 Å². The molecule has 1 aliphatic rings. The second-order valence-electron chi connectivity index (χ2n) is 6.90. The van der Waals surface area contributed by atoms with Crippen molar-refractivity contribution in [3.8, 4) is 11.1 Å². The fraction of sp³-hybridized carbons (Fsp3) is 0.238. The van der Waals surface area contributed by atoms with Crippen molar-refractivity contribution < 1.29 is 4.79 Å². The molecule has 1 aliphatic heterocycles. The minimum Gasteiger partial charge on any atom is -0.369 e. The summed E-state index contributed by atoms with van der Waals surface area (Å²) in [6, 6.07) is 15.3. The topological polar surface area (TPSA) is 79.2 Å². The number of aromatic amines is 1. The Morgan fingerprint density at radius 3 is 2.48 bits per heavy atom. The van der Waals surface area contributed by atoms with Crippen molar-refractivity contribution in [2.45, 2.75) is 12.8 Å². The lowest BCUT2D eigenvalue weighted by molar-refractivity contribution is -0.122. The summed E-state index contributed by atoms with van der Waals surface area (Å²) in [5, 5.41) is 1.52. The smallest absolute Gasteiger partial charge is 0.272 e. The fourth-order valence-corrected chi connectivity index (χ4v) is 4.01. The van der Waals surface area contributed by atoms with Crippen molar-refractivity contribution in [3.63, 3.8) is 0 Å². The first-order chi connectivity index (χ1) is 13.0. The molecule has 3 N–H and O–H groups in total. The number of hydrogen-bond donors (Lipinski definition) is 2. The van der Waals surface area contributed by atoms with Crippen molar-refractivity contribution in [2.75, 3.05) is 18.0 Å². The molecule has 138 valence electrons. The number of benzene rings is 2. The van der Waals surface area contributed by atoms with Crippen molar-refractivity contribution >= 4 is 34.1 Å². The summed E-state index contributed by atoms with van der Waals surface area (Å²) in [5.74, 6) is -0.396. The third kappa shape index (κ3) is 3.30. The van der Waals surface area contributed by atoms with Crippen molar-refractivity contribution in [1.29, 1.82) is 0 Å². The number of nitrogens with zero attached hydrogens (tertiary/aromatic N) is 1. The Balaban J connectivity index is 1.91. The molecule has 0 radical (unpaired) electrons. The molecule has 3 aromatic rings. The average molecular weight is 382 g/mol. The van der Waals surface area contributed by atoms with E-state index in [2.05, 4.69) is 9.88 Å². The van der Waals surface area contributed by atoms with Gasteiger partial charge in [-0.15, -0.1) is 0 Å². The van der Waals surface area contributed by atoms with Gasteiger partial charge in [0.1, 0.15) is 5.69 Å². The number of rotatable bonds is 3. The van der Waals surface area contributed by atoms with Crippen LogP contribution in [0.4, 0.5) is 5.69 Å². The number of hydrogen-bond acceptors (Lipinski definition) is 3. The highest BCUT2D eigenvalue weighted by molar-refractivity contribution is 6.31. The molecular weight excluding hydrogens is 362 g/mol. The number of carbonyl (C=O) groups is 1. The molecule has 6 heteroatoms. The summed E-state index contributed by atoms with van der Waals surface area (Å²) < 4.78 is 0. The molecule has 4 rings (SSSR count). The largest absolute Gasteiger partial charge is 0.369 e. The van der Waals surface area contributed by atoms with Gasteiger partial charge in [-0.05, 0) is 36.6 Å². The van der Waals surface area contributed by atoms with Gasteiger partial charge in [0.2, 0.25) is 5.91 Å². The molecule has 1 fully saturated rings. The summed E-state index contributed by atoms with van der Waals surface area (Å²) in [6.07, 6.45) is 1.30. The van der Waals surface area contributed by atoms with Gasteiger partial charge >= 0.3 is 0 Å². The standard InChI is InChI=1S/C21H20ClN3O2/c22-15-6-7-17-16(12-15)18(13-4-2-1-3-5-13)19(21(27)24-17)25-10-8-14(9-11-25)20(23)26/h1-7,12,14H,8-11H2,(H2,23,26)(H,24,27). The highest BCUT2D eigenvalue weighted by atomic mass is 35.5. The zero-order valence-electron chi connectivity index (χ0n) is 14.7. The molecule has 0 atom stereocenters. The maximum atomic E-state index is 13.0. The Labute approximate surface area is 161 Å². The first-order valence-corrected chi connectivity index (χ1v) is 9.37. The second kappa shape index (κ2) is 7.08. The number of carbonyl (C=O) groups excluding carboxylic acids is 1. The summed E-state index contributed by atoms with van der Waals surface area (Å²) in [6.45, 7) is 1.23. The molecule has 1 aromatic heterocycles. The first kappa shape index (κ1) is 17.6. The van der Waals surface area contributed by atoms with Crippen LogP contribution >= 0.6 is 11.6 Å². The zero-order chi connectivity index (χ0) is 19.0. The highest BCUT2D eigenvalue weighted by Gasteiger charge is 2.27. The van der Waals surface area contributed by atoms with E-state index in [1.807, 2.05) is 42.5 Å². The second-order valence-corrected chi connectivity index (χ2v) is 7.33. The normalized spacial score (nSPS) is 15.2. The lowest BCUT2D eigenvalue weighted by Crippen LogP contribution is -2.41. The summed E-state index contributed by atoms with van der Waals surface area (Å²) >= 11 is 6.25. The van der Waals surface area contributed by atoms with E-state index in [-0.39, 0.29) is 17.4 Å². The van der Waals surface area contributed by atoms with Gasteiger partial charge in [-0.25, -0.2) is 0 Å². The van der Waals surface area contributed by atoms with Gasteiger partial charge in [-0.2, -0.15) is 0 Å². The van der Waals surface area contributed by atoms with Crippen molar-refractivity contribution in [2.24, 2.45) is 11.7 Å². The molecule has 27 heavy (non-hydrogen) atoms. The van der Waals surface area contributed by atoms with E-state index in [0.29, 0.717) is 36.6 Å². The molecule has 2 aromatic carbocycles. The number of H-pyrrole nitrogens is 1. The Morgan fingerprint density at radius 2 is 1.81 bits per heavy atom. The van der Waals surface area contributed by atoms with Gasteiger partial charge in [0.15, 0.2) is 0 Å². The van der Waals surface area contributed by atoms with E-state index < -0.39 is 0 Å².